The second-order valence-electron chi connectivity index (χ2n) is 6.56. The largest absolute Gasteiger partial charge is 0.357 e. The van der Waals surface area contributed by atoms with Crippen LogP contribution < -0.4 is 10.6 Å². The standard InChI is InChI=1S/C20H31N5.HI/c1-5-21-20(22-9-6-7-19-14-24-25-17(19)4)23-10-8-18-12-15(2)11-16(3)13-18;/h11-14H,5-10H2,1-4H3,(H,24,25)(H2,21,22,23);1H. The van der Waals surface area contributed by atoms with E-state index in [-0.39, 0.29) is 24.0 Å². The molecule has 0 atom stereocenters. The molecule has 0 fully saturated rings. The van der Waals surface area contributed by atoms with Gasteiger partial charge in [-0.25, -0.2) is 0 Å². The molecule has 0 radical (unpaired) electrons. The van der Waals surface area contributed by atoms with Crippen LogP contribution in [0.25, 0.3) is 0 Å². The number of benzene rings is 1. The molecular formula is C20H32IN5. The maximum Gasteiger partial charge on any atom is 0.191 e. The van der Waals surface area contributed by atoms with E-state index in [1.807, 2.05) is 6.20 Å². The molecule has 2 aromatic rings. The predicted octanol–water partition coefficient (Wildman–Crippen LogP) is 3.68. The zero-order valence-corrected chi connectivity index (χ0v) is 18.7. The summed E-state index contributed by atoms with van der Waals surface area (Å²) >= 11 is 0. The minimum absolute atomic E-state index is 0. The molecule has 1 heterocycles. The fourth-order valence-electron chi connectivity index (χ4n) is 2.97. The lowest BCUT2D eigenvalue weighted by molar-refractivity contribution is 0.775. The predicted molar refractivity (Wildman–Crippen MR) is 121 cm³/mol. The van der Waals surface area contributed by atoms with Gasteiger partial charge in [0.2, 0.25) is 0 Å². The third-order valence-corrected chi connectivity index (χ3v) is 4.14. The topological polar surface area (TPSA) is 65.1 Å². The summed E-state index contributed by atoms with van der Waals surface area (Å²) in [5.41, 5.74) is 6.46. The summed E-state index contributed by atoms with van der Waals surface area (Å²) in [4.78, 5) is 4.67. The molecule has 6 heteroatoms. The van der Waals surface area contributed by atoms with E-state index >= 15 is 0 Å². The number of halogens is 1. The molecule has 0 saturated carbocycles. The third kappa shape index (κ3) is 7.76. The molecule has 0 amide bonds. The molecule has 3 N–H and O–H groups in total. The van der Waals surface area contributed by atoms with Crippen molar-refractivity contribution in [2.45, 2.75) is 47.0 Å². The van der Waals surface area contributed by atoms with Crippen LogP contribution >= 0.6 is 24.0 Å². The zero-order valence-electron chi connectivity index (χ0n) is 16.4. The number of hydrogen-bond donors (Lipinski definition) is 3. The molecule has 1 aromatic carbocycles. The SMILES string of the molecule is CCNC(=NCCCc1cn[nH]c1C)NCCc1cc(C)cc(C)c1.I. The van der Waals surface area contributed by atoms with E-state index < -0.39 is 0 Å². The molecular weight excluding hydrogens is 437 g/mol. The number of aromatic nitrogens is 2. The summed E-state index contributed by atoms with van der Waals surface area (Å²) in [5, 5.41) is 13.8. The Labute approximate surface area is 174 Å². The van der Waals surface area contributed by atoms with Crippen LogP contribution in [-0.2, 0) is 12.8 Å². The van der Waals surface area contributed by atoms with Crippen LogP contribution in [0, 0.1) is 20.8 Å². The van der Waals surface area contributed by atoms with Gasteiger partial charge in [-0.15, -0.1) is 24.0 Å². The Morgan fingerprint density at radius 1 is 1.08 bits per heavy atom. The van der Waals surface area contributed by atoms with E-state index in [0.29, 0.717) is 0 Å². The number of H-pyrrole nitrogens is 1. The third-order valence-electron chi connectivity index (χ3n) is 4.14. The molecule has 0 bridgehead atoms. The lowest BCUT2D eigenvalue weighted by Crippen LogP contribution is -2.38. The molecule has 0 spiro atoms. The van der Waals surface area contributed by atoms with Crippen LogP contribution in [-0.4, -0.2) is 35.8 Å². The molecule has 5 nitrogen and oxygen atoms in total. The average Bonchev–Trinajstić information content (AvgIpc) is 2.95. The van der Waals surface area contributed by atoms with Gasteiger partial charge in [-0.05, 0) is 58.1 Å². The van der Waals surface area contributed by atoms with Gasteiger partial charge in [0.15, 0.2) is 5.96 Å². The number of nitrogens with one attached hydrogen (secondary N) is 3. The van der Waals surface area contributed by atoms with E-state index in [0.717, 1.165) is 50.6 Å². The summed E-state index contributed by atoms with van der Waals surface area (Å²) in [7, 11) is 0. The maximum absolute atomic E-state index is 4.67. The molecule has 0 saturated heterocycles. The van der Waals surface area contributed by atoms with Gasteiger partial charge in [-0.3, -0.25) is 10.1 Å². The van der Waals surface area contributed by atoms with Gasteiger partial charge in [0.25, 0.3) is 0 Å². The first-order chi connectivity index (χ1) is 12.1. The fourth-order valence-corrected chi connectivity index (χ4v) is 2.97. The van der Waals surface area contributed by atoms with Crippen molar-refractivity contribution in [3.05, 3.63) is 52.3 Å². The molecule has 144 valence electrons. The van der Waals surface area contributed by atoms with Gasteiger partial charge in [0.05, 0.1) is 6.20 Å². The summed E-state index contributed by atoms with van der Waals surface area (Å²) in [6, 6.07) is 6.72. The molecule has 0 aliphatic heterocycles. The molecule has 0 unspecified atom stereocenters. The highest BCUT2D eigenvalue weighted by Gasteiger charge is 2.01. The Balaban J connectivity index is 0.00000338. The van der Waals surface area contributed by atoms with Crippen LogP contribution in [0.2, 0.25) is 0 Å². The van der Waals surface area contributed by atoms with Gasteiger partial charge < -0.3 is 10.6 Å². The van der Waals surface area contributed by atoms with Crippen molar-refractivity contribution >= 4 is 29.9 Å². The summed E-state index contributed by atoms with van der Waals surface area (Å²) in [6.07, 6.45) is 4.94. The van der Waals surface area contributed by atoms with Crippen molar-refractivity contribution < 1.29 is 0 Å². The molecule has 1 aromatic heterocycles. The minimum Gasteiger partial charge on any atom is -0.357 e. The average molecular weight is 469 g/mol. The van der Waals surface area contributed by atoms with Crippen LogP contribution in [0.5, 0.6) is 0 Å². The van der Waals surface area contributed by atoms with Crippen molar-refractivity contribution in [3.63, 3.8) is 0 Å². The van der Waals surface area contributed by atoms with Crippen molar-refractivity contribution in [2.24, 2.45) is 4.99 Å². The molecule has 2 rings (SSSR count). The van der Waals surface area contributed by atoms with E-state index in [1.54, 1.807) is 0 Å². The van der Waals surface area contributed by atoms with Gasteiger partial charge in [-0.1, -0.05) is 29.3 Å². The summed E-state index contributed by atoms with van der Waals surface area (Å²) in [5.74, 6) is 0.899. The lowest BCUT2D eigenvalue weighted by atomic mass is 10.1. The number of aromatic amines is 1. The number of guanidine groups is 1. The zero-order chi connectivity index (χ0) is 18.1. The summed E-state index contributed by atoms with van der Waals surface area (Å²) in [6.45, 7) is 11.0. The fraction of sp³-hybridized carbons (Fsp3) is 0.500. The first-order valence-electron chi connectivity index (χ1n) is 9.16. The quantitative estimate of drug-likeness (QED) is 0.239. The number of nitrogens with zero attached hydrogens (tertiary/aromatic N) is 2. The summed E-state index contributed by atoms with van der Waals surface area (Å²) < 4.78 is 0. The van der Waals surface area contributed by atoms with Crippen LogP contribution in [0.3, 0.4) is 0 Å². The number of rotatable bonds is 8. The van der Waals surface area contributed by atoms with Crippen molar-refractivity contribution in [1.82, 2.24) is 20.8 Å². The molecule has 0 aliphatic carbocycles. The van der Waals surface area contributed by atoms with E-state index in [1.165, 1.54) is 22.3 Å². The van der Waals surface area contributed by atoms with E-state index in [2.05, 4.69) is 71.7 Å². The number of hydrogen-bond acceptors (Lipinski definition) is 2. The Morgan fingerprint density at radius 2 is 1.81 bits per heavy atom. The van der Waals surface area contributed by atoms with Crippen molar-refractivity contribution in [2.75, 3.05) is 19.6 Å². The highest BCUT2D eigenvalue weighted by Crippen LogP contribution is 2.09. The normalized spacial score (nSPS) is 11.2. The second-order valence-corrected chi connectivity index (χ2v) is 6.56. The Bertz CT molecular complexity index is 673. The van der Waals surface area contributed by atoms with Crippen LogP contribution in [0.4, 0.5) is 0 Å². The Hall–Kier alpha value is -1.57. The second kappa shape index (κ2) is 11.9. The van der Waals surface area contributed by atoms with Gasteiger partial charge in [-0.2, -0.15) is 5.10 Å². The Morgan fingerprint density at radius 3 is 2.42 bits per heavy atom. The van der Waals surface area contributed by atoms with Crippen LogP contribution in [0.1, 0.15) is 41.3 Å². The highest BCUT2D eigenvalue weighted by molar-refractivity contribution is 14.0. The lowest BCUT2D eigenvalue weighted by Gasteiger charge is -2.12. The monoisotopic (exact) mass is 469 g/mol. The Kier molecular flexibility index (Phi) is 10.3. The van der Waals surface area contributed by atoms with Crippen molar-refractivity contribution in [3.8, 4) is 0 Å². The number of aryl methyl sites for hydroxylation is 4. The number of aliphatic imine (C=N–C) groups is 1. The smallest absolute Gasteiger partial charge is 0.191 e. The van der Waals surface area contributed by atoms with Crippen molar-refractivity contribution in [1.29, 1.82) is 0 Å². The van der Waals surface area contributed by atoms with Gasteiger partial charge in [0, 0.05) is 25.3 Å². The van der Waals surface area contributed by atoms with Crippen LogP contribution in [0.15, 0.2) is 29.4 Å². The van der Waals surface area contributed by atoms with Gasteiger partial charge in [0.1, 0.15) is 0 Å². The maximum atomic E-state index is 4.67. The minimum atomic E-state index is 0. The van der Waals surface area contributed by atoms with E-state index in [9.17, 15) is 0 Å². The van der Waals surface area contributed by atoms with Gasteiger partial charge >= 0.3 is 0 Å². The molecule has 26 heavy (non-hydrogen) atoms. The first kappa shape index (κ1) is 22.5. The first-order valence-corrected chi connectivity index (χ1v) is 9.16. The molecule has 0 aliphatic rings. The highest BCUT2D eigenvalue weighted by atomic mass is 127. The van der Waals surface area contributed by atoms with E-state index in [4.69, 9.17) is 0 Å².